The van der Waals surface area contributed by atoms with Crippen LogP contribution < -0.4 is 5.32 Å². The summed E-state index contributed by atoms with van der Waals surface area (Å²) in [5.41, 5.74) is 4.58. The van der Waals surface area contributed by atoms with Gasteiger partial charge >= 0.3 is 0 Å². The Kier molecular flexibility index (Phi) is 5.94. The number of nitrogens with one attached hydrogen (secondary N) is 1. The summed E-state index contributed by atoms with van der Waals surface area (Å²) >= 11 is 0. The molecule has 1 unspecified atom stereocenters. The number of carbonyl (C=O) groups excluding carboxylic acids is 1. The molecule has 0 saturated heterocycles. The zero-order valence-corrected chi connectivity index (χ0v) is 16.7. The van der Waals surface area contributed by atoms with Gasteiger partial charge in [0.25, 0.3) is 0 Å². The number of amides is 1. The monoisotopic (exact) mass is 363 g/mol. The Balaban J connectivity index is 1.97. The maximum atomic E-state index is 12.6. The summed E-state index contributed by atoms with van der Waals surface area (Å²) in [6.07, 6.45) is 1.71. The Morgan fingerprint density at radius 1 is 1.07 bits per heavy atom. The zero-order chi connectivity index (χ0) is 19.4. The van der Waals surface area contributed by atoms with Crippen LogP contribution in [0, 0.1) is 12.8 Å². The van der Waals surface area contributed by atoms with Crippen molar-refractivity contribution < 1.29 is 4.79 Å². The van der Waals surface area contributed by atoms with Gasteiger partial charge in [-0.3, -0.25) is 4.79 Å². The van der Waals surface area contributed by atoms with Crippen LogP contribution in [0.4, 0.5) is 0 Å². The predicted octanol–water partition coefficient (Wildman–Crippen LogP) is 5.01. The normalized spacial score (nSPS) is 12.5. The van der Waals surface area contributed by atoms with E-state index in [2.05, 4.69) is 61.0 Å². The van der Waals surface area contributed by atoms with Crippen LogP contribution in [-0.2, 0) is 11.3 Å². The van der Waals surface area contributed by atoms with Crippen LogP contribution in [0.1, 0.15) is 56.6 Å². The molecule has 142 valence electrons. The van der Waals surface area contributed by atoms with E-state index in [1.165, 1.54) is 11.1 Å². The smallest absolute Gasteiger partial charge is 0.223 e. The average molecular weight is 364 g/mol. The SMILES string of the molecule is CCC(CC)C(=O)NC(C)c1nc2ccccc2n1Cc1ccccc1C. The summed E-state index contributed by atoms with van der Waals surface area (Å²) in [6.45, 7) is 9.02. The molecule has 1 heterocycles. The lowest BCUT2D eigenvalue weighted by atomic mass is 10.0. The second kappa shape index (κ2) is 8.38. The largest absolute Gasteiger partial charge is 0.346 e. The summed E-state index contributed by atoms with van der Waals surface area (Å²) in [6, 6.07) is 16.4. The van der Waals surface area contributed by atoms with E-state index in [0.717, 1.165) is 36.2 Å². The standard InChI is InChI=1S/C23H29N3O/c1-5-18(6-2)23(27)24-17(4)22-25-20-13-9-10-14-21(20)26(22)15-19-12-8-7-11-16(19)3/h7-14,17-18H,5-6,15H2,1-4H3,(H,24,27). The van der Waals surface area contributed by atoms with E-state index in [0.29, 0.717) is 0 Å². The summed E-state index contributed by atoms with van der Waals surface area (Å²) in [5, 5.41) is 3.18. The lowest BCUT2D eigenvalue weighted by molar-refractivity contribution is -0.125. The molecule has 3 rings (SSSR count). The van der Waals surface area contributed by atoms with E-state index in [-0.39, 0.29) is 17.9 Å². The van der Waals surface area contributed by atoms with Gasteiger partial charge < -0.3 is 9.88 Å². The first-order chi connectivity index (χ1) is 13.0. The van der Waals surface area contributed by atoms with E-state index in [1.54, 1.807) is 0 Å². The first-order valence-electron chi connectivity index (χ1n) is 9.85. The van der Waals surface area contributed by atoms with Crippen LogP contribution in [0.2, 0.25) is 0 Å². The van der Waals surface area contributed by atoms with Crippen molar-refractivity contribution in [3.8, 4) is 0 Å². The molecule has 0 bridgehead atoms. The number of carbonyl (C=O) groups is 1. The van der Waals surface area contributed by atoms with Crippen LogP contribution in [0.5, 0.6) is 0 Å². The molecule has 4 heteroatoms. The van der Waals surface area contributed by atoms with Gasteiger partial charge in [0.15, 0.2) is 0 Å². The van der Waals surface area contributed by atoms with Crippen molar-refractivity contribution in [3.05, 3.63) is 65.5 Å². The topological polar surface area (TPSA) is 46.9 Å². The second-order valence-electron chi connectivity index (χ2n) is 7.22. The van der Waals surface area contributed by atoms with Gasteiger partial charge in [0.2, 0.25) is 5.91 Å². The maximum Gasteiger partial charge on any atom is 0.223 e. The van der Waals surface area contributed by atoms with Crippen LogP contribution in [-0.4, -0.2) is 15.5 Å². The van der Waals surface area contributed by atoms with Crippen LogP contribution in [0.25, 0.3) is 11.0 Å². The third kappa shape index (κ3) is 4.05. The molecular weight excluding hydrogens is 334 g/mol. The van der Waals surface area contributed by atoms with Crippen LogP contribution in [0.15, 0.2) is 48.5 Å². The molecule has 0 aliphatic rings. The number of aromatic nitrogens is 2. The molecule has 4 nitrogen and oxygen atoms in total. The van der Waals surface area contributed by atoms with E-state index in [4.69, 9.17) is 4.98 Å². The van der Waals surface area contributed by atoms with Crippen molar-refractivity contribution >= 4 is 16.9 Å². The van der Waals surface area contributed by atoms with Crippen molar-refractivity contribution in [3.63, 3.8) is 0 Å². The van der Waals surface area contributed by atoms with Crippen molar-refractivity contribution in [1.29, 1.82) is 0 Å². The molecular formula is C23H29N3O. The van der Waals surface area contributed by atoms with E-state index >= 15 is 0 Å². The molecule has 1 atom stereocenters. The van der Waals surface area contributed by atoms with Gasteiger partial charge in [0, 0.05) is 12.5 Å². The number of rotatable bonds is 7. The minimum absolute atomic E-state index is 0.0571. The van der Waals surface area contributed by atoms with Crippen molar-refractivity contribution in [2.24, 2.45) is 5.92 Å². The molecule has 0 spiro atoms. The number of hydrogen-bond acceptors (Lipinski definition) is 2. The van der Waals surface area contributed by atoms with Gasteiger partial charge in [-0.15, -0.1) is 0 Å². The highest BCUT2D eigenvalue weighted by atomic mass is 16.1. The Morgan fingerprint density at radius 2 is 1.74 bits per heavy atom. The Morgan fingerprint density at radius 3 is 2.44 bits per heavy atom. The molecule has 2 aromatic carbocycles. The molecule has 0 radical (unpaired) electrons. The number of para-hydroxylation sites is 2. The fraction of sp³-hybridized carbons (Fsp3) is 0.391. The minimum Gasteiger partial charge on any atom is -0.346 e. The van der Waals surface area contributed by atoms with Crippen molar-refractivity contribution in [1.82, 2.24) is 14.9 Å². The maximum absolute atomic E-state index is 12.6. The number of imidazole rings is 1. The summed E-state index contributed by atoms with van der Waals surface area (Å²) < 4.78 is 2.23. The Labute approximate surface area is 161 Å². The van der Waals surface area contributed by atoms with Gasteiger partial charge in [-0.1, -0.05) is 50.2 Å². The van der Waals surface area contributed by atoms with E-state index < -0.39 is 0 Å². The molecule has 0 aliphatic heterocycles. The second-order valence-corrected chi connectivity index (χ2v) is 7.22. The van der Waals surface area contributed by atoms with Crippen molar-refractivity contribution in [2.45, 2.75) is 53.1 Å². The summed E-state index contributed by atoms with van der Waals surface area (Å²) in [7, 11) is 0. The third-order valence-electron chi connectivity index (χ3n) is 5.38. The fourth-order valence-electron chi connectivity index (χ4n) is 3.60. The van der Waals surface area contributed by atoms with Gasteiger partial charge in [-0.05, 0) is 49.9 Å². The lowest BCUT2D eigenvalue weighted by Crippen LogP contribution is -2.33. The molecule has 3 aromatic rings. The van der Waals surface area contributed by atoms with Crippen LogP contribution in [0.3, 0.4) is 0 Å². The number of fused-ring (bicyclic) bond motifs is 1. The quantitative estimate of drug-likeness (QED) is 0.641. The lowest BCUT2D eigenvalue weighted by Gasteiger charge is -2.20. The molecule has 1 N–H and O–H groups in total. The number of hydrogen-bond donors (Lipinski definition) is 1. The van der Waals surface area contributed by atoms with Gasteiger partial charge in [0.1, 0.15) is 5.82 Å². The zero-order valence-electron chi connectivity index (χ0n) is 16.7. The number of benzene rings is 2. The van der Waals surface area contributed by atoms with Gasteiger partial charge in [0.05, 0.1) is 17.1 Å². The molecule has 1 amide bonds. The number of aryl methyl sites for hydroxylation is 1. The summed E-state index contributed by atoms with van der Waals surface area (Å²) in [5.74, 6) is 1.07. The predicted molar refractivity (Wildman–Crippen MR) is 111 cm³/mol. The minimum atomic E-state index is -0.144. The number of nitrogens with zero attached hydrogens (tertiary/aromatic N) is 2. The van der Waals surface area contributed by atoms with Crippen molar-refractivity contribution in [2.75, 3.05) is 0 Å². The highest BCUT2D eigenvalue weighted by Crippen LogP contribution is 2.23. The van der Waals surface area contributed by atoms with Gasteiger partial charge in [-0.2, -0.15) is 0 Å². The molecule has 0 saturated carbocycles. The van der Waals surface area contributed by atoms with Crippen LogP contribution >= 0.6 is 0 Å². The molecule has 1 aromatic heterocycles. The third-order valence-corrected chi connectivity index (χ3v) is 5.38. The Hall–Kier alpha value is -2.62. The first kappa shape index (κ1) is 19.2. The first-order valence-corrected chi connectivity index (χ1v) is 9.85. The fourth-order valence-corrected chi connectivity index (χ4v) is 3.60. The van der Waals surface area contributed by atoms with E-state index in [1.807, 2.05) is 25.1 Å². The summed E-state index contributed by atoms with van der Waals surface area (Å²) in [4.78, 5) is 17.4. The highest BCUT2D eigenvalue weighted by molar-refractivity contribution is 5.79. The highest BCUT2D eigenvalue weighted by Gasteiger charge is 2.21. The molecule has 0 fully saturated rings. The molecule has 27 heavy (non-hydrogen) atoms. The van der Waals surface area contributed by atoms with Gasteiger partial charge in [-0.25, -0.2) is 4.98 Å². The van der Waals surface area contributed by atoms with E-state index in [9.17, 15) is 4.79 Å². The Bertz CT molecular complexity index is 924. The molecule has 0 aliphatic carbocycles. The average Bonchev–Trinajstić information content (AvgIpc) is 3.03.